The molecular weight excluding hydrogens is 576 g/mol. The zero-order valence-corrected chi connectivity index (χ0v) is 25.6. The van der Waals surface area contributed by atoms with Crippen LogP contribution in [0.15, 0.2) is 174 Å². The van der Waals surface area contributed by atoms with Crippen LogP contribution in [-0.4, -0.2) is 14.4 Å². The van der Waals surface area contributed by atoms with Crippen molar-refractivity contribution in [3.63, 3.8) is 0 Å². The van der Waals surface area contributed by atoms with E-state index in [4.69, 9.17) is 14.4 Å². The van der Waals surface area contributed by atoms with Gasteiger partial charge in [-0.3, -0.25) is 0 Å². The van der Waals surface area contributed by atoms with E-state index in [2.05, 4.69) is 125 Å². The van der Waals surface area contributed by atoms with Gasteiger partial charge in [-0.2, -0.15) is 0 Å². The van der Waals surface area contributed by atoms with Crippen LogP contribution in [0.5, 0.6) is 0 Å². The van der Waals surface area contributed by atoms with Crippen molar-refractivity contribution in [2.24, 2.45) is 0 Å². The van der Waals surface area contributed by atoms with Crippen molar-refractivity contribution < 1.29 is 4.42 Å². The summed E-state index contributed by atoms with van der Waals surface area (Å²) in [5.41, 5.74) is 10.3. The third-order valence-corrected chi connectivity index (χ3v) is 8.96. The Morgan fingerprint density at radius 2 is 1.38 bits per heavy atom. The fourth-order valence-corrected chi connectivity index (χ4v) is 6.48. The zero-order valence-electron chi connectivity index (χ0n) is 25.6. The van der Waals surface area contributed by atoms with Gasteiger partial charge in [0.05, 0.1) is 11.6 Å². The summed E-state index contributed by atoms with van der Waals surface area (Å²) < 4.78 is 8.17. The molecule has 0 saturated carbocycles. The highest BCUT2D eigenvalue weighted by Gasteiger charge is 2.21. The number of hydrogen-bond acceptors (Lipinski definition) is 4. The van der Waals surface area contributed by atoms with E-state index < -0.39 is 0 Å². The lowest BCUT2D eigenvalue weighted by atomic mass is 9.97. The summed E-state index contributed by atoms with van der Waals surface area (Å²) in [6, 6.07) is 46.7. The minimum atomic E-state index is 0.0840. The van der Waals surface area contributed by atoms with Crippen LogP contribution in [0.4, 0.5) is 11.4 Å². The lowest BCUT2D eigenvalue weighted by molar-refractivity contribution is 0.504. The Morgan fingerprint density at radius 1 is 0.660 bits per heavy atom. The highest BCUT2D eigenvalue weighted by molar-refractivity contribution is 5.87. The van der Waals surface area contributed by atoms with E-state index in [9.17, 15) is 0 Å². The van der Waals surface area contributed by atoms with Gasteiger partial charge in [0.15, 0.2) is 5.58 Å². The summed E-state index contributed by atoms with van der Waals surface area (Å²) in [7, 11) is 0. The second-order valence-electron chi connectivity index (χ2n) is 11.9. The van der Waals surface area contributed by atoms with Crippen LogP contribution < -0.4 is 4.90 Å². The Hall–Kier alpha value is -6.20. The molecule has 0 radical (unpaired) electrons. The van der Waals surface area contributed by atoms with Crippen molar-refractivity contribution in [3.05, 3.63) is 176 Å². The number of nitrogens with zero attached hydrogens (tertiary/aromatic N) is 4. The number of anilines is 2. The fraction of sp³-hybridized carbons (Fsp3) is 0.0476. The molecule has 0 unspecified atom stereocenters. The molecule has 0 aliphatic heterocycles. The predicted molar refractivity (Wildman–Crippen MR) is 191 cm³/mol. The number of benzene rings is 5. The van der Waals surface area contributed by atoms with Gasteiger partial charge in [-0.1, -0.05) is 91.0 Å². The highest BCUT2D eigenvalue weighted by Crippen LogP contribution is 2.37. The van der Waals surface area contributed by atoms with Gasteiger partial charge >= 0.3 is 0 Å². The molecule has 47 heavy (non-hydrogen) atoms. The molecule has 1 atom stereocenters. The van der Waals surface area contributed by atoms with E-state index in [0.29, 0.717) is 0 Å². The van der Waals surface area contributed by atoms with Gasteiger partial charge < -0.3 is 13.7 Å². The molecule has 0 amide bonds. The predicted octanol–water partition coefficient (Wildman–Crippen LogP) is 10.7. The van der Waals surface area contributed by atoms with Gasteiger partial charge in [0.25, 0.3) is 0 Å². The van der Waals surface area contributed by atoms with Gasteiger partial charge in [0.1, 0.15) is 11.2 Å². The van der Waals surface area contributed by atoms with Gasteiger partial charge in [-0.25, -0.2) is 9.97 Å². The van der Waals surface area contributed by atoms with Crippen molar-refractivity contribution in [2.75, 3.05) is 4.90 Å². The molecule has 5 aromatic carbocycles. The summed E-state index contributed by atoms with van der Waals surface area (Å²) in [6.45, 7) is 0. The summed E-state index contributed by atoms with van der Waals surface area (Å²) in [4.78, 5) is 11.9. The zero-order chi connectivity index (χ0) is 31.2. The molecule has 1 aliphatic rings. The van der Waals surface area contributed by atoms with E-state index >= 15 is 0 Å². The lowest BCUT2D eigenvalue weighted by Gasteiger charge is -2.29. The largest absolute Gasteiger partial charge is 0.440 e. The topological polar surface area (TPSA) is 46.6 Å². The maximum atomic E-state index is 6.12. The number of oxazole rings is 1. The van der Waals surface area contributed by atoms with Crippen LogP contribution in [0, 0.1) is 0 Å². The Bertz CT molecular complexity index is 2380. The SMILES string of the molecule is C1=C[C@H](c2nc3ccccc3o2)CC=C1N(c1ccc(-c2ccc3ccccc3c2)cc1)c1ccc(-c2cn3ccccc3n2)cc1. The number of pyridine rings is 1. The Kier molecular flexibility index (Phi) is 6.53. The molecule has 8 aromatic rings. The van der Waals surface area contributed by atoms with Crippen LogP contribution in [-0.2, 0) is 0 Å². The number of fused-ring (bicyclic) bond motifs is 3. The van der Waals surface area contributed by atoms with Crippen LogP contribution in [0.2, 0.25) is 0 Å². The molecule has 3 heterocycles. The Labute approximate surface area is 272 Å². The first-order valence-corrected chi connectivity index (χ1v) is 15.9. The molecule has 224 valence electrons. The monoisotopic (exact) mass is 606 g/mol. The molecular formula is C42H30N4O. The smallest absolute Gasteiger partial charge is 0.202 e. The molecule has 0 saturated heterocycles. The third-order valence-electron chi connectivity index (χ3n) is 8.96. The van der Waals surface area contributed by atoms with E-state index in [1.165, 1.54) is 21.9 Å². The van der Waals surface area contributed by atoms with E-state index in [1.807, 2.05) is 48.7 Å². The number of para-hydroxylation sites is 2. The summed E-state index contributed by atoms with van der Waals surface area (Å²) >= 11 is 0. The van der Waals surface area contributed by atoms with Crippen molar-refractivity contribution in [1.82, 2.24) is 14.4 Å². The lowest BCUT2D eigenvalue weighted by Crippen LogP contribution is -2.17. The Balaban J connectivity index is 1.06. The highest BCUT2D eigenvalue weighted by atomic mass is 16.3. The molecule has 0 bridgehead atoms. The fourth-order valence-electron chi connectivity index (χ4n) is 6.48. The van der Waals surface area contributed by atoms with Gasteiger partial charge in [0, 0.05) is 35.0 Å². The Morgan fingerprint density at radius 3 is 2.15 bits per heavy atom. The first kappa shape index (κ1) is 27.1. The van der Waals surface area contributed by atoms with Gasteiger partial charge in [-0.05, 0) is 89.0 Å². The van der Waals surface area contributed by atoms with Crippen molar-refractivity contribution >= 4 is 38.9 Å². The van der Waals surface area contributed by atoms with Crippen LogP contribution in [0.1, 0.15) is 18.2 Å². The normalized spacial score (nSPS) is 14.6. The number of rotatable bonds is 6. The van der Waals surface area contributed by atoms with Crippen LogP contribution in [0.25, 0.3) is 49.9 Å². The van der Waals surface area contributed by atoms with Crippen molar-refractivity contribution in [1.29, 1.82) is 0 Å². The molecule has 9 rings (SSSR count). The number of aromatic nitrogens is 3. The van der Waals surface area contributed by atoms with E-state index in [-0.39, 0.29) is 5.92 Å². The number of imidazole rings is 1. The summed E-state index contributed by atoms with van der Waals surface area (Å²) in [6.07, 6.45) is 11.6. The number of allylic oxidation sites excluding steroid dienone is 3. The van der Waals surface area contributed by atoms with Crippen LogP contribution in [0.3, 0.4) is 0 Å². The second kappa shape index (κ2) is 11.3. The minimum Gasteiger partial charge on any atom is -0.440 e. The average Bonchev–Trinajstić information content (AvgIpc) is 3.78. The number of hydrogen-bond donors (Lipinski definition) is 0. The average molecular weight is 607 g/mol. The molecule has 0 fully saturated rings. The molecule has 5 heteroatoms. The van der Waals surface area contributed by atoms with Crippen LogP contribution >= 0.6 is 0 Å². The molecule has 0 spiro atoms. The summed E-state index contributed by atoms with van der Waals surface area (Å²) in [5.74, 6) is 0.835. The van der Waals surface area contributed by atoms with E-state index in [1.54, 1.807) is 0 Å². The second-order valence-corrected chi connectivity index (χ2v) is 11.9. The van der Waals surface area contributed by atoms with Gasteiger partial charge in [-0.15, -0.1) is 0 Å². The standard InChI is InChI=1S/C42H30N4O/c1-2-8-33-27-34(13-12-29(33)7-1)30-14-20-35(21-15-30)46(36-22-16-31(17-23-36)39-28-45-26-6-5-11-41(45)43-39)37-24-18-32(19-25-37)42-44-38-9-3-4-10-40(38)47-42/h1-18,20-28,32H,19H2/t32-/m0/s1. The maximum absolute atomic E-state index is 6.12. The van der Waals surface area contributed by atoms with E-state index in [0.717, 1.165) is 57.4 Å². The summed E-state index contributed by atoms with van der Waals surface area (Å²) in [5, 5.41) is 2.49. The molecule has 1 aliphatic carbocycles. The maximum Gasteiger partial charge on any atom is 0.202 e. The molecule has 3 aromatic heterocycles. The quantitative estimate of drug-likeness (QED) is 0.189. The van der Waals surface area contributed by atoms with Crippen molar-refractivity contribution in [3.8, 4) is 22.4 Å². The first-order chi connectivity index (χ1) is 23.2. The first-order valence-electron chi connectivity index (χ1n) is 15.9. The third kappa shape index (κ3) is 5.08. The minimum absolute atomic E-state index is 0.0840. The van der Waals surface area contributed by atoms with Gasteiger partial charge in [0.2, 0.25) is 5.89 Å². The molecule has 0 N–H and O–H groups in total. The van der Waals surface area contributed by atoms with Crippen molar-refractivity contribution in [2.45, 2.75) is 12.3 Å². The molecule has 5 nitrogen and oxygen atoms in total.